The largest absolute Gasteiger partial charge is 0.411 e. The smallest absolute Gasteiger partial charge is 0.277 e. The van der Waals surface area contributed by atoms with Crippen molar-refractivity contribution in [2.75, 3.05) is 5.75 Å². The highest BCUT2D eigenvalue weighted by molar-refractivity contribution is 9.11. The summed E-state index contributed by atoms with van der Waals surface area (Å²) < 4.78 is 6.54. The lowest BCUT2D eigenvalue weighted by Crippen LogP contribution is -1.76. The predicted molar refractivity (Wildman–Crippen MR) is 80.4 cm³/mol. The van der Waals surface area contributed by atoms with Gasteiger partial charge in [-0.25, -0.2) is 0 Å². The number of aromatic amines is 1. The van der Waals surface area contributed by atoms with Crippen LogP contribution in [-0.2, 0) is 0 Å². The van der Waals surface area contributed by atoms with Gasteiger partial charge in [0.15, 0.2) is 0 Å². The van der Waals surface area contributed by atoms with Crippen LogP contribution in [0.25, 0.3) is 22.4 Å². The van der Waals surface area contributed by atoms with Crippen molar-refractivity contribution in [2.24, 2.45) is 0 Å². The first kappa shape index (κ1) is 12.5. The van der Waals surface area contributed by atoms with E-state index in [4.69, 9.17) is 4.42 Å². The topological polar surface area (TPSA) is 54.7 Å². The highest BCUT2D eigenvalue weighted by Gasteiger charge is 2.13. The summed E-state index contributed by atoms with van der Waals surface area (Å²) in [7, 11) is 0. The molecule has 0 aliphatic heterocycles. The van der Waals surface area contributed by atoms with E-state index in [1.54, 1.807) is 0 Å². The van der Waals surface area contributed by atoms with Gasteiger partial charge in [0.1, 0.15) is 0 Å². The molecule has 0 fully saturated rings. The number of H-pyrrole nitrogens is 1. The van der Waals surface area contributed by atoms with E-state index in [1.807, 2.05) is 30.5 Å². The Balaban J connectivity index is 1.92. The molecule has 96 valence electrons. The minimum atomic E-state index is 0.528. The van der Waals surface area contributed by atoms with Crippen molar-refractivity contribution in [3.8, 4) is 11.5 Å². The molecule has 1 N–H and O–H groups in total. The van der Waals surface area contributed by atoms with E-state index in [2.05, 4.69) is 37.7 Å². The number of fused-ring (bicyclic) bond motifs is 1. The number of rotatable bonds is 4. The molecule has 0 aliphatic carbocycles. The van der Waals surface area contributed by atoms with Crippen molar-refractivity contribution in [1.82, 2.24) is 15.2 Å². The van der Waals surface area contributed by atoms with Crippen molar-refractivity contribution >= 4 is 38.6 Å². The number of aromatic nitrogens is 3. The van der Waals surface area contributed by atoms with Gasteiger partial charge in [0.05, 0.1) is 5.56 Å². The van der Waals surface area contributed by atoms with E-state index >= 15 is 0 Å². The van der Waals surface area contributed by atoms with Gasteiger partial charge in [-0.3, -0.25) is 0 Å². The van der Waals surface area contributed by atoms with Gasteiger partial charge in [-0.05, 0) is 10.5 Å². The molecule has 0 saturated heterocycles. The molecule has 0 radical (unpaired) electrons. The molecule has 2 aromatic heterocycles. The Bertz CT molecular complexity index is 734. The van der Waals surface area contributed by atoms with Crippen molar-refractivity contribution < 1.29 is 4.42 Å². The maximum atomic E-state index is 5.65. The minimum absolute atomic E-state index is 0.528. The SMILES string of the molecule is C=C(Br)CSc1nnc(-c2c[nH]c3ccccc23)o1. The second-order valence-electron chi connectivity index (χ2n) is 3.93. The van der Waals surface area contributed by atoms with E-state index in [-0.39, 0.29) is 0 Å². The van der Waals surface area contributed by atoms with Crippen LogP contribution in [0.15, 0.2) is 51.2 Å². The van der Waals surface area contributed by atoms with E-state index in [9.17, 15) is 0 Å². The summed E-state index contributed by atoms with van der Waals surface area (Å²) in [5.74, 6) is 1.23. The number of halogens is 1. The monoisotopic (exact) mass is 335 g/mol. The fraction of sp³-hybridized carbons (Fsp3) is 0.0769. The van der Waals surface area contributed by atoms with Crippen LogP contribution >= 0.6 is 27.7 Å². The fourth-order valence-corrected chi connectivity index (χ4v) is 2.63. The molecule has 4 nitrogen and oxygen atoms in total. The summed E-state index contributed by atoms with van der Waals surface area (Å²) >= 11 is 4.75. The van der Waals surface area contributed by atoms with Crippen molar-refractivity contribution in [2.45, 2.75) is 5.22 Å². The number of thioether (sulfide) groups is 1. The Kier molecular flexibility index (Phi) is 3.44. The van der Waals surface area contributed by atoms with Crippen LogP contribution in [0.2, 0.25) is 0 Å². The summed E-state index contributed by atoms with van der Waals surface area (Å²) in [6.45, 7) is 3.77. The first-order valence-electron chi connectivity index (χ1n) is 5.60. The molecule has 6 heteroatoms. The van der Waals surface area contributed by atoms with Crippen molar-refractivity contribution in [3.63, 3.8) is 0 Å². The molecule has 3 aromatic rings. The van der Waals surface area contributed by atoms with Crippen LogP contribution in [-0.4, -0.2) is 20.9 Å². The zero-order chi connectivity index (χ0) is 13.2. The number of nitrogens with one attached hydrogen (secondary N) is 1. The molecule has 3 rings (SSSR count). The molecule has 0 spiro atoms. The van der Waals surface area contributed by atoms with Gasteiger partial charge in [0.25, 0.3) is 11.1 Å². The van der Waals surface area contributed by atoms with Crippen LogP contribution in [0.1, 0.15) is 0 Å². The normalized spacial score (nSPS) is 11.0. The van der Waals surface area contributed by atoms with E-state index < -0.39 is 0 Å². The molecule has 0 amide bonds. The van der Waals surface area contributed by atoms with Gasteiger partial charge in [0.2, 0.25) is 0 Å². The molecule has 0 aliphatic rings. The zero-order valence-corrected chi connectivity index (χ0v) is 12.3. The Morgan fingerprint density at radius 3 is 3.05 bits per heavy atom. The maximum Gasteiger partial charge on any atom is 0.277 e. The zero-order valence-electron chi connectivity index (χ0n) is 9.89. The Labute approximate surface area is 122 Å². The summed E-state index contributed by atoms with van der Waals surface area (Å²) in [6.07, 6.45) is 1.88. The lowest BCUT2D eigenvalue weighted by molar-refractivity contribution is 0.466. The van der Waals surface area contributed by atoms with Crippen molar-refractivity contribution in [1.29, 1.82) is 0 Å². The molecule has 0 atom stereocenters. The Hall–Kier alpha value is -1.53. The van der Waals surface area contributed by atoms with E-state index in [1.165, 1.54) is 11.8 Å². The minimum Gasteiger partial charge on any atom is -0.411 e. The molecule has 2 heterocycles. The average Bonchev–Trinajstić information content (AvgIpc) is 3.02. The first-order chi connectivity index (χ1) is 9.24. The lowest BCUT2D eigenvalue weighted by atomic mass is 10.2. The second kappa shape index (κ2) is 5.22. The molecular weight excluding hydrogens is 326 g/mol. The van der Waals surface area contributed by atoms with Gasteiger partial charge in [-0.2, -0.15) is 0 Å². The molecular formula is C13H10BrN3OS. The van der Waals surface area contributed by atoms with Gasteiger partial charge >= 0.3 is 0 Å². The van der Waals surface area contributed by atoms with Gasteiger partial charge in [-0.1, -0.05) is 52.5 Å². The van der Waals surface area contributed by atoms with E-state index in [0.717, 1.165) is 20.9 Å². The second-order valence-corrected chi connectivity index (χ2v) is 5.98. The summed E-state index contributed by atoms with van der Waals surface area (Å²) in [4.78, 5) is 3.19. The Morgan fingerprint density at radius 1 is 1.37 bits per heavy atom. The summed E-state index contributed by atoms with van der Waals surface area (Å²) in [5, 5.41) is 9.72. The predicted octanol–water partition coefficient (Wildman–Crippen LogP) is 4.22. The number of benzene rings is 1. The number of hydrogen-bond donors (Lipinski definition) is 1. The number of hydrogen-bond acceptors (Lipinski definition) is 4. The Morgan fingerprint density at radius 2 is 2.21 bits per heavy atom. The first-order valence-corrected chi connectivity index (χ1v) is 7.38. The van der Waals surface area contributed by atoms with Crippen molar-refractivity contribution in [3.05, 3.63) is 41.5 Å². The molecule has 1 aromatic carbocycles. The van der Waals surface area contributed by atoms with Crippen LogP contribution in [0.3, 0.4) is 0 Å². The highest BCUT2D eigenvalue weighted by Crippen LogP contribution is 2.30. The van der Waals surface area contributed by atoms with Gasteiger partial charge < -0.3 is 9.40 Å². The molecule has 0 saturated carbocycles. The molecule has 0 bridgehead atoms. The summed E-state index contributed by atoms with van der Waals surface area (Å²) in [6, 6.07) is 8.01. The van der Waals surface area contributed by atoms with E-state index in [0.29, 0.717) is 16.9 Å². The van der Waals surface area contributed by atoms with Gasteiger partial charge in [-0.15, -0.1) is 10.2 Å². The third kappa shape index (κ3) is 2.59. The highest BCUT2D eigenvalue weighted by atomic mass is 79.9. The number of nitrogens with zero attached hydrogens (tertiary/aromatic N) is 2. The van der Waals surface area contributed by atoms with Crippen LogP contribution < -0.4 is 0 Å². The van der Waals surface area contributed by atoms with Crippen LogP contribution in [0.5, 0.6) is 0 Å². The van der Waals surface area contributed by atoms with Crippen LogP contribution in [0, 0.1) is 0 Å². The summed E-state index contributed by atoms with van der Waals surface area (Å²) in [5.41, 5.74) is 1.98. The maximum absolute atomic E-state index is 5.65. The fourth-order valence-electron chi connectivity index (χ4n) is 1.77. The lowest BCUT2D eigenvalue weighted by Gasteiger charge is -1.93. The molecule has 19 heavy (non-hydrogen) atoms. The third-order valence-electron chi connectivity index (χ3n) is 2.58. The van der Waals surface area contributed by atoms with Crippen LogP contribution in [0.4, 0.5) is 0 Å². The quantitative estimate of drug-likeness (QED) is 0.725. The standard InChI is InChI=1S/C13H10BrN3OS/c1-8(14)7-19-13-17-16-12(18-13)10-6-15-11-5-3-2-4-9(10)11/h2-6,15H,1,7H2. The third-order valence-corrected chi connectivity index (χ3v) is 4.13. The van der Waals surface area contributed by atoms with Gasteiger partial charge in [0, 0.05) is 22.9 Å². The number of para-hydroxylation sites is 1. The molecule has 0 unspecified atom stereocenters. The average molecular weight is 336 g/mol.